The first-order chi connectivity index (χ1) is 15.7. The van der Waals surface area contributed by atoms with E-state index in [0.29, 0.717) is 17.5 Å². The number of carboxylic acids is 1. The largest absolute Gasteiger partial charge is 0.477 e. The van der Waals surface area contributed by atoms with Gasteiger partial charge >= 0.3 is 5.97 Å². The molecule has 0 atom stereocenters. The smallest absolute Gasteiger partial charge is 0.354 e. The van der Waals surface area contributed by atoms with Gasteiger partial charge in [-0.1, -0.05) is 24.6 Å². The van der Waals surface area contributed by atoms with Crippen molar-refractivity contribution in [2.75, 3.05) is 31.7 Å². The molecule has 0 spiro atoms. The van der Waals surface area contributed by atoms with Crippen molar-refractivity contribution < 1.29 is 14.6 Å². The standard InChI is InChI=1S/C25H30N4O3/c1-32-15-12-17-10-13-28(14-11-17)21-16-20(25(30)31)26-24-22(21)23(18-6-5-7-18)27-29(24)19-8-3-2-4-9-19/h2-4,8-9,16-18H,5-7,10-15H2,1H3,(H,30,31). The number of piperidine rings is 1. The van der Waals surface area contributed by atoms with Gasteiger partial charge in [0.1, 0.15) is 0 Å². The lowest BCUT2D eigenvalue weighted by molar-refractivity contribution is 0.0691. The Morgan fingerprint density at radius 3 is 2.53 bits per heavy atom. The minimum Gasteiger partial charge on any atom is -0.477 e. The van der Waals surface area contributed by atoms with Gasteiger partial charge < -0.3 is 14.7 Å². The van der Waals surface area contributed by atoms with Crippen molar-refractivity contribution in [2.24, 2.45) is 5.92 Å². The number of carbonyl (C=O) groups is 1. The van der Waals surface area contributed by atoms with Gasteiger partial charge in [0.15, 0.2) is 11.3 Å². The summed E-state index contributed by atoms with van der Waals surface area (Å²) in [6, 6.07) is 11.7. The van der Waals surface area contributed by atoms with Gasteiger partial charge in [0.2, 0.25) is 0 Å². The maximum absolute atomic E-state index is 12.0. The summed E-state index contributed by atoms with van der Waals surface area (Å²) >= 11 is 0. The zero-order valence-electron chi connectivity index (χ0n) is 18.5. The van der Waals surface area contributed by atoms with Gasteiger partial charge in [0.25, 0.3) is 0 Å². The highest BCUT2D eigenvalue weighted by Gasteiger charge is 2.31. The molecule has 168 valence electrons. The molecule has 5 rings (SSSR count). The van der Waals surface area contributed by atoms with Crippen molar-refractivity contribution in [3.63, 3.8) is 0 Å². The van der Waals surface area contributed by atoms with Crippen molar-refractivity contribution in [3.8, 4) is 5.69 Å². The summed E-state index contributed by atoms with van der Waals surface area (Å²) in [6.45, 7) is 2.61. The molecule has 32 heavy (non-hydrogen) atoms. The molecule has 1 aliphatic carbocycles. The van der Waals surface area contributed by atoms with Gasteiger partial charge in [-0.25, -0.2) is 14.5 Å². The molecule has 2 fully saturated rings. The molecular weight excluding hydrogens is 404 g/mol. The van der Waals surface area contributed by atoms with Crippen LogP contribution in [0.4, 0.5) is 5.69 Å². The van der Waals surface area contributed by atoms with E-state index in [9.17, 15) is 9.90 Å². The molecule has 1 aliphatic heterocycles. The molecule has 2 aliphatic rings. The second-order valence-electron chi connectivity index (χ2n) is 9.00. The Bertz CT molecular complexity index is 1100. The lowest BCUT2D eigenvalue weighted by atomic mass is 9.81. The number of rotatable bonds is 7. The minimum atomic E-state index is -1.01. The van der Waals surface area contributed by atoms with Crippen LogP contribution in [0.15, 0.2) is 36.4 Å². The number of hydrogen-bond acceptors (Lipinski definition) is 5. The Balaban J connectivity index is 1.62. The number of aromatic carboxylic acids is 1. The van der Waals surface area contributed by atoms with Gasteiger partial charge in [-0.15, -0.1) is 0 Å². The van der Waals surface area contributed by atoms with Gasteiger partial charge in [-0.2, -0.15) is 5.10 Å². The van der Waals surface area contributed by atoms with Crippen molar-refractivity contribution in [1.29, 1.82) is 0 Å². The van der Waals surface area contributed by atoms with Gasteiger partial charge in [0.05, 0.1) is 22.5 Å². The number of aromatic nitrogens is 3. The van der Waals surface area contributed by atoms with Crippen LogP contribution in [0, 0.1) is 5.92 Å². The summed E-state index contributed by atoms with van der Waals surface area (Å²) in [6.07, 6.45) is 6.71. The molecule has 0 unspecified atom stereocenters. The summed E-state index contributed by atoms with van der Waals surface area (Å²) in [5, 5.41) is 15.9. The molecule has 1 saturated carbocycles. The zero-order valence-corrected chi connectivity index (χ0v) is 18.5. The summed E-state index contributed by atoms with van der Waals surface area (Å²) in [4.78, 5) is 18.9. The number of hydrogen-bond donors (Lipinski definition) is 1. The molecule has 7 nitrogen and oxygen atoms in total. The normalized spacial score (nSPS) is 17.6. The van der Waals surface area contributed by atoms with Gasteiger partial charge in [-0.3, -0.25) is 0 Å². The van der Waals surface area contributed by atoms with Crippen LogP contribution < -0.4 is 4.90 Å². The first-order valence-corrected chi connectivity index (χ1v) is 11.6. The average molecular weight is 435 g/mol. The highest BCUT2D eigenvalue weighted by atomic mass is 16.5. The Labute approximate surface area is 188 Å². The predicted octanol–water partition coefficient (Wildman–Crippen LogP) is 4.64. The number of anilines is 1. The summed E-state index contributed by atoms with van der Waals surface area (Å²) < 4.78 is 7.10. The van der Waals surface area contributed by atoms with Crippen molar-refractivity contribution >= 4 is 22.7 Å². The Morgan fingerprint density at radius 1 is 1.16 bits per heavy atom. The van der Waals surface area contributed by atoms with Crippen molar-refractivity contribution in [3.05, 3.63) is 47.8 Å². The number of methoxy groups -OCH3 is 1. The van der Waals surface area contributed by atoms with E-state index in [0.717, 1.165) is 74.3 Å². The molecule has 3 aromatic rings. The number of benzene rings is 1. The van der Waals surface area contributed by atoms with E-state index in [-0.39, 0.29) is 5.69 Å². The number of nitrogens with zero attached hydrogens (tertiary/aromatic N) is 4. The Hall–Kier alpha value is -2.93. The molecule has 1 N–H and O–H groups in total. The first-order valence-electron chi connectivity index (χ1n) is 11.6. The molecule has 0 bridgehead atoms. The topological polar surface area (TPSA) is 80.5 Å². The van der Waals surface area contributed by atoms with E-state index in [1.807, 2.05) is 35.0 Å². The monoisotopic (exact) mass is 434 g/mol. The van der Waals surface area contributed by atoms with E-state index in [1.165, 1.54) is 6.42 Å². The predicted molar refractivity (Wildman–Crippen MR) is 124 cm³/mol. The molecule has 3 heterocycles. The molecule has 0 radical (unpaired) electrons. The number of carboxylic acid groups (broad SMARTS) is 1. The maximum Gasteiger partial charge on any atom is 0.354 e. The molecule has 1 aromatic carbocycles. The number of fused-ring (bicyclic) bond motifs is 1. The Morgan fingerprint density at radius 2 is 1.91 bits per heavy atom. The lowest BCUT2D eigenvalue weighted by Gasteiger charge is -2.34. The van der Waals surface area contributed by atoms with E-state index in [4.69, 9.17) is 9.84 Å². The number of pyridine rings is 1. The second kappa shape index (κ2) is 8.90. The van der Waals surface area contributed by atoms with Crippen LogP contribution in [0.2, 0.25) is 0 Å². The highest BCUT2D eigenvalue weighted by molar-refractivity contribution is 5.98. The van der Waals surface area contributed by atoms with Crippen LogP contribution in [0.5, 0.6) is 0 Å². The molecule has 2 aromatic heterocycles. The minimum absolute atomic E-state index is 0.0752. The fraction of sp³-hybridized carbons (Fsp3) is 0.480. The van der Waals surface area contributed by atoms with E-state index in [1.54, 1.807) is 13.2 Å². The first kappa shape index (κ1) is 20.9. The average Bonchev–Trinajstić information content (AvgIpc) is 3.16. The molecule has 7 heteroatoms. The van der Waals surface area contributed by atoms with Crippen molar-refractivity contribution in [1.82, 2.24) is 14.8 Å². The number of ether oxygens (including phenoxy) is 1. The Kier molecular flexibility index (Phi) is 5.83. The molecule has 0 amide bonds. The summed E-state index contributed by atoms with van der Waals surface area (Å²) in [5.74, 6) is 0.0627. The maximum atomic E-state index is 12.0. The number of para-hydroxylation sites is 1. The fourth-order valence-corrected chi connectivity index (χ4v) is 4.95. The lowest BCUT2D eigenvalue weighted by Crippen LogP contribution is -2.34. The van der Waals surface area contributed by atoms with Crippen molar-refractivity contribution in [2.45, 2.75) is 44.4 Å². The third-order valence-corrected chi connectivity index (χ3v) is 7.04. The SMILES string of the molecule is COCCC1CCN(c2cc(C(=O)O)nc3c2c(C2CCC2)nn3-c2ccccc2)CC1. The highest BCUT2D eigenvalue weighted by Crippen LogP contribution is 2.43. The van der Waals surface area contributed by atoms with Gasteiger partial charge in [0, 0.05) is 32.7 Å². The van der Waals surface area contributed by atoms with Crippen LogP contribution in [-0.4, -0.2) is 52.6 Å². The van der Waals surface area contributed by atoms with Crippen LogP contribution in [0.1, 0.15) is 60.6 Å². The van der Waals surface area contributed by atoms with Crippen LogP contribution >= 0.6 is 0 Å². The summed E-state index contributed by atoms with van der Waals surface area (Å²) in [7, 11) is 1.75. The fourth-order valence-electron chi connectivity index (χ4n) is 4.95. The van der Waals surface area contributed by atoms with Crippen LogP contribution in [0.3, 0.4) is 0 Å². The van der Waals surface area contributed by atoms with Crippen LogP contribution in [0.25, 0.3) is 16.7 Å². The third kappa shape index (κ3) is 3.86. The van der Waals surface area contributed by atoms with Crippen LogP contribution in [-0.2, 0) is 4.74 Å². The third-order valence-electron chi connectivity index (χ3n) is 7.04. The summed E-state index contributed by atoms with van der Waals surface area (Å²) in [5.41, 5.74) is 3.67. The molecular formula is C25H30N4O3. The van der Waals surface area contributed by atoms with E-state index < -0.39 is 5.97 Å². The zero-order chi connectivity index (χ0) is 22.1. The van der Waals surface area contributed by atoms with E-state index in [2.05, 4.69) is 9.88 Å². The quantitative estimate of drug-likeness (QED) is 0.584. The second-order valence-corrected chi connectivity index (χ2v) is 9.00. The van der Waals surface area contributed by atoms with E-state index >= 15 is 0 Å². The molecule has 1 saturated heterocycles. The van der Waals surface area contributed by atoms with Gasteiger partial charge in [-0.05, 0) is 56.2 Å².